The summed E-state index contributed by atoms with van der Waals surface area (Å²) in [5.74, 6) is 1.03. The Morgan fingerprint density at radius 2 is 1.71 bits per heavy atom. The van der Waals surface area contributed by atoms with Gasteiger partial charge in [0.05, 0.1) is 31.8 Å². The normalized spacial score (nSPS) is 13.9. The van der Waals surface area contributed by atoms with Crippen molar-refractivity contribution in [2.45, 2.75) is 23.8 Å². The van der Waals surface area contributed by atoms with E-state index in [9.17, 15) is 9.59 Å². The molecule has 0 fully saturated rings. The number of methoxy groups -OCH3 is 3. The molecule has 0 radical (unpaired) electrons. The van der Waals surface area contributed by atoms with Crippen molar-refractivity contribution in [3.63, 3.8) is 0 Å². The van der Waals surface area contributed by atoms with Crippen LogP contribution in [0.5, 0.6) is 17.2 Å². The van der Waals surface area contributed by atoms with Crippen LogP contribution >= 0.6 is 24.2 Å². The van der Waals surface area contributed by atoms with E-state index >= 15 is 0 Å². The molecule has 0 spiro atoms. The fourth-order valence-electron chi connectivity index (χ4n) is 4.24. The van der Waals surface area contributed by atoms with Crippen molar-refractivity contribution in [3.05, 3.63) is 75.7 Å². The number of halogens is 1. The van der Waals surface area contributed by atoms with E-state index < -0.39 is 12.1 Å². The Hall–Kier alpha value is -3.23. The van der Waals surface area contributed by atoms with Gasteiger partial charge < -0.3 is 18.9 Å². The lowest BCUT2D eigenvalue weighted by Crippen LogP contribution is -2.13. The van der Waals surface area contributed by atoms with Crippen LogP contribution in [-0.4, -0.2) is 38.5 Å². The number of aromatic nitrogens is 1. The summed E-state index contributed by atoms with van der Waals surface area (Å²) in [4.78, 5) is 30.4. The van der Waals surface area contributed by atoms with E-state index in [1.54, 1.807) is 45.6 Å². The number of esters is 1. The SMILES string of the molecule is COc1cc2c(c(OC)c1OC)-c1ccc(SC)c(=O)cc1C(OC(=O)c1ccncc1)CC2.Cl. The average Bonchev–Trinajstić information content (AvgIpc) is 3.11. The molecule has 7 nitrogen and oxygen atoms in total. The van der Waals surface area contributed by atoms with Gasteiger partial charge in [0, 0.05) is 23.5 Å². The lowest BCUT2D eigenvalue weighted by atomic mass is 9.96. The highest BCUT2D eigenvalue weighted by Crippen LogP contribution is 2.50. The molecule has 1 heterocycles. The molecule has 35 heavy (non-hydrogen) atoms. The summed E-state index contributed by atoms with van der Waals surface area (Å²) in [5.41, 5.74) is 3.36. The maximum atomic E-state index is 13.0. The van der Waals surface area contributed by atoms with Crippen molar-refractivity contribution in [3.8, 4) is 28.4 Å². The molecule has 0 aliphatic heterocycles. The predicted molar refractivity (Wildman–Crippen MR) is 138 cm³/mol. The van der Waals surface area contributed by atoms with Crippen LogP contribution in [0.25, 0.3) is 11.1 Å². The number of nitrogens with zero attached hydrogens (tertiary/aromatic N) is 1. The first-order chi connectivity index (χ1) is 16.5. The summed E-state index contributed by atoms with van der Waals surface area (Å²) in [6, 6.07) is 10.4. The Balaban J connectivity index is 0.00000342. The van der Waals surface area contributed by atoms with Gasteiger partial charge in [0.1, 0.15) is 6.10 Å². The van der Waals surface area contributed by atoms with Gasteiger partial charge in [-0.3, -0.25) is 9.78 Å². The highest BCUT2D eigenvalue weighted by atomic mass is 35.5. The third-order valence-corrected chi connectivity index (χ3v) is 6.61. The number of fused-ring (bicyclic) bond motifs is 3. The van der Waals surface area contributed by atoms with Crippen LogP contribution in [0.3, 0.4) is 0 Å². The first kappa shape index (κ1) is 26.4. The summed E-state index contributed by atoms with van der Waals surface area (Å²) >= 11 is 1.37. The van der Waals surface area contributed by atoms with Crippen molar-refractivity contribution < 1.29 is 23.7 Å². The number of hydrogen-bond acceptors (Lipinski definition) is 8. The smallest absolute Gasteiger partial charge is 0.338 e. The topological polar surface area (TPSA) is 84.0 Å². The van der Waals surface area contributed by atoms with Gasteiger partial charge in [-0.25, -0.2) is 4.79 Å². The van der Waals surface area contributed by atoms with Gasteiger partial charge in [-0.2, -0.15) is 0 Å². The lowest BCUT2D eigenvalue weighted by molar-refractivity contribution is 0.0280. The number of aryl methyl sites for hydroxylation is 1. The Bertz CT molecular complexity index is 1290. The molecule has 0 bridgehead atoms. The van der Waals surface area contributed by atoms with Gasteiger partial charge in [0.15, 0.2) is 16.9 Å². The first-order valence-electron chi connectivity index (χ1n) is 10.7. The summed E-state index contributed by atoms with van der Waals surface area (Å²) in [6.45, 7) is 0. The van der Waals surface area contributed by atoms with Crippen LogP contribution in [0.2, 0.25) is 0 Å². The second-order valence-corrected chi connectivity index (χ2v) is 8.48. The van der Waals surface area contributed by atoms with Crippen LogP contribution in [0, 0.1) is 0 Å². The molecule has 1 unspecified atom stereocenters. The number of benzene rings is 1. The van der Waals surface area contributed by atoms with Gasteiger partial charge in [-0.15, -0.1) is 24.2 Å². The minimum Gasteiger partial charge on any atom is -0.493 e. The number of ether oxygens (including phenoxy) is 4. The Morgan fingerprint density at radius 1 is 1.00 bits per heavy atom. The third-order valence-electron chi connectivity index (χ3n) is 5.83. The molecule has 1 atom stereocenters. The summed E-state index contributed by atoms with van der Waals surface area (Å²) in [6.07, 6.45) is 5.34. The van der Waals surface area contributed by atoms with Crippen molar-refractivity contribution in [1.82, 2.24) is 4.98 Å². The second kappa shape index (κ2) is 11.5. The summed E-state index contributed by atoms with van der Waals surface area (Å²) in [5, 5.41) is 0. The average molecular weight is 516 g/mol. The second-order valence-electron chi connectivity index (χ2n) is 7.63. The van der Waals surface area contributed by atoms with Crippen LogP contribution in [-0.2, 0) is 11.2 Å². The Kier molecular flexibility index (Phi) is 8.64. The highest BCUT2D eigenvalue weighted by molar-refractivity contribution is 7.98. The van der Waals surface area contributed by atoms with E-state index in [-0.39, 0.29) is 17.8 Å². The Morgan fingerprint density at radius 3 is 2.34 bits per heavy atom. The van der Waals surface area contributed by atoms with Gasteiger partial charge in [0.2, 0.25) is 5.75 Å². The zero-order valence-corrected chi connectivity index (χ0v) is 21.5. The first-order valence-corrected chi connectivity index (χ1v) is 11.9. The monoisotopic (exact) mass is 515 g/mol. The molecule has 0 saturated carbocycles. The van der Waals surface area contributed by atoms with Crippen LogP contribution in [0.15, 0.2) is 58.5 Å². The number of thioether (sulfide) groups is 1. The van der Waals surface area contributed by atoms with E-state index in [4.69, 9.17) is 18.9 Å². The third kappa shape index (κ3) is 5.09. The number of rotatable bonds is 6. The number of pyridine rings is 1. The van der Waals surface area contributed by atoms with E-state index in [0.717, 1.165) is 16.7 Å². The molecule has 1 aliphatic carbocycles. The molecular formula is C26H26ClNO6S. The molecule has 0 saturated heterocycles. The molecule has 3 aromatic rings. The molecule has 0 N–H and O–H groups in total. The van der Waals surface area contributed by atoms with Crippen LogP contribution in [0.1, 0.15) is 34.0 Å². The zero-order valence-electron chi connectivity index (χ0n) is 19.8. The molecular weight excluding hydrogens is 490 g/mol. The summed E-state index contributed by atoms with van der Waals surface area (Å²) < 4.78 is 22.9. The van der Waals surface area contributed by atoms with E-state index in [0.29, 0.717) is 46.1 Å². The fourth-order valence-corrected chi connectivity index (χ4v) is 4.70. The van der Waals surface area contributed by atoms with E-state index in [1.165, 1.54) is 24.2 Å². The van der Waals surface area contributed by atoms with Crippen molar-refractivity contribution >= 4 is 30.1 Å². The maximum Gasteiger partial charge on any atom is 0.338 e. The molecule has 4 rings (SSSR count). The standard InChI is InChI=1S/C26H25NO6S.ClH/c1-30-21-13-16-5-7-20(33-26(29)15-9-11-27-12-10-15)18-14-19(28)22(34-4)8-6-17(18)23(16)25(32-3)24(21)31-2;/h6,8-14,20H,5,7H2,1-4H3;1H. The quantitative estimate of drug-likeness (QED) is 0.330. The fraction of sp³-hybridized carbons (Fsp3) is 0.269. The molecule has 0 amide bonds. The van der Waals surface area contributed by atoms with Crippen LogP contribution < -0.4 is 19.6 Å². The van der Waals surface area contributed by atoms with E-state index in [1.807, 2.05) is 18.4 Å². The molecule has 1 aromatic heterocycles. The van der Waals surface area contributed by atoms with Gasteiger partial charge in [-0.1, -0.05) is 6.07 Å². The highest BCUT2D eigenvalue weighted by Gasteiger charge is 2.31. The minimum absolute atomic E-state index is 0. The summed E-state index contributed by atoms with van der Waals surface area (Å²) in [7, 11) is 4.69. The predicted octanol–water partition coefficient (Wildman–Crippen LogP) is 5.12. The zero-order chi connectivity index (χ0) is 24.2. The number of carbonyl (C=O) groups excluding carboxylic acids is 1. The number of hydrogen-bond donors (Lipinski definition) is 0. The largest absolute Gasteiger partial charge is 0.493 e. The van der Waals surface area contributed by atoms with Crippen molar-refractivity contribution in [1.29, 1.82) is 0 Å². The van der Waals surface area contributed by atoms with Gasteiger partial charge in [-0.05, 0) is 60.6 Å². The van der Waals surface area contributed by atoms with Crippen LogP contribution in [0.4, 0.5) is 0 Å². The van der Waals surface area contributed by atoms with Crippen molar-refractivity contribution in [2.24, 2.45) is 0 Å². The number of carbonyl (C=O) groups is 1. The molecule has 1 aliphatic rings. The lowest BCUT2D eigenvalue weighted by Gasteiger charge is -2.19. The molecule has 9 heteroatoms. The van der Waals surface area contributed by atoms with Gasteiger partial charge >= 0.3 is 5.97 Å². The van der Waals surface area contributed by atoms with Crippen molar-refractivity contribution in [2.75, 3.05) is 27.6 Å². The minimum atomic E-state index is -0.639. The van der Waals surface area contributed by atoms with E-state index in [2.05, 4.69) is 4.98 Å². The Labute approximate surface area is 214 Å². The van der Waals surface area contributed by atoms with Gasteiger partial charge in [0.25, 0.3) is 0 Å². The maximum absolute atomic E-state index is 13.0. The molecule has 2 aromatic carbocycles. The molecule has 184 valence electrons.